The van der Waals surface area contributed by atoms with Crippen LogP contribution in [0, 0.1) is 12.8 Å². The van der Waals surface area contributed by atoms with Crippen LogP contribution in [0.15, 0.2) is 58.4 Å². The van der Waals surface area contributed by atoms with Crippen LogP contribution in [0.2, 0.25) is 0 Å². The molecule has 5 rings (SSSR count). The summed E-state index contributed by atoms with van der Waals surface area (Å²) in [7, 11) is 0. The average molecular weight is 540 g/mol. The second-order valence-corrected chi connectivity index (χ2v) is 10.8. The lowest BCUT2D eigenvalue weighted by Gasteiger charge is -2.30. The van der Waals surface area contributed by atoms with E-state index in [0.717, 1.165) is 33.6 Å². The zero-order chi connectivity index (χ0) is 26.3. The fourth-order valence-corrected chi connectivity index (χ4v) is 7.07. The number of para-hydroxylation sites is 1. The summed E-state index contributed by atoms with van der Waals surface area (Å²) in [4.78, 5) is 66.1. The number of ether oxygens (including phenoxy) is 1. The van der Waals surface area contributed by atoms with Crippen molar-refractivity contribution in [1.29, 1.82) is 0 Å². The first-order valence-corrected chi connectivity index (χ1v) is 13.0. The molecule has 0 spiro atoms. The molecule has 3 N–H and O–H groups in total. The molecular weight excluding hydrogens is 518 g/mol. The normalized spacial score (nSPS) is 20.4. The van der Waals surface area contributed by atoms with E-state index in [1.165, 1.54) is 0 Å². The standard InChI is InChI=1S/C25H21N3O7S2/c1-12-6-8-13(9-7-12)26-16(29)11-35-15-5-3-2-4-14(15)18-19-21(36-22-20(18)37-25(34)27-22)24(33)28(23(19)32)10-17(30)31/h2-9,18-19,21H,10-11H2,1H3,(H,26,29)(H,27,34)(H,30,31)/t18-,19?,21?/m1/s1. The maximum atomic E-state index is 13.3. The van der Waals surface area contributed by atoms with Crippen LogP contribution in [-0.4, -0.2) is 57.1 Å². The van der Waals surface area contributed by atoms with E-state index in [2.05, 4.69) is 10.3 Å². The highest BCUT2D eigenvalue weighted by atomic mass is 32.2. The number of carboxylic acids is 1. The number of carboxylic acid groups (broad SMARTS) is 1. The van der Waals surface area contributed by atoms with Gasteiger partial charge in [0.1, 0.15) is 17.5 Å². The molecule has 3 aromatic rings. The van der Waals surface area contributed by atoms with E-state index in [4.69, 9.17) is 4.74 Å². The molecule has 0 saturated carbocycles. The van der Waals surface area contributed by atoms with Crippen molar-refractivity contribution in [3.63, 3.8) is 0 Å². The Balaban J connectivity index is 1.46. The number of H-pyrrole nitrogens is 1. The summed E-state index contributed by atoms with van der Waals surface area (Å²) in [5.41, 5.74) is 2.20. The highest BCUT2D eigenvalue weighted by Gasteiger charge is 2.56. The predicted octanol–water partition coefficient (Wildman–Crippen LogP) is 2.44. The SMILES string of the molecule is Cc1ccc(NC(=O)COc2ccccc2[C@H]2c3sc(=O)[nH]c3SC3C(=O)N(CC(=O)O)C(=O)C32)cc1. The first-order valence-electron chi connectivity index (χ1n) is 11.3. The molecule has 0 aliphatic carbocycles. The summed E-state index contributed by atoms with van der Waals surface area (Å²) < 4.78 is 5.87. The lowest BCUT2D eigenvalue weighted by Crippen LogP contribution is -2.36. The van der Waals surface area contributed by atoms with Gasteiger partial charge in [0.05, 0.1) is 10.9 Å². The van der Waals surface area contributed by atoms with Crippen molar-refractivity contribution in [3.8, 4) is 5.75 Å². The third kappa shape index (κ3) is 4.77. The minimum atomic E-state index is -1.30. The number of nitrogens with zero attached hydrogens (tertiary/aromatic N) is 1. The van der Waals surface area contributed by atoms with Gasteiger partial charge in [-0.3, -0.25) is 28.9 Å². The van der Waals surface area contributed by atoms with Crippen molar-refractivity contribution >= 4 is 52.5 Å². The molecule has 37 heavy (non-hydrogen) atoms. The van der Waals surface area contributed by atoms with Crippen LogP contribution in [0.4, 0.5) is 5.69 Å². The van der Waals surface area contributed by atoms with Crippen molar-refractivity contribution in [2.45, 2.75) is 23.1 Å². The molecule has 0 bridgehead atoms. The predicted molar refractivity (Wildman–Crippen MR) is 136 cm³/mol. The van der Waals surface area contributed by atoms with Gasteiger partial charge in [-0.2, -0.15) is 0 Å². The molecule has 2 aliphatic rings. The van der Waals surface area contributed by atoms with Gasteiger partial charge in [-0.25, -0.2) is 0 Å². The Morgan fingerprint density at radius 3 is 2.54 bits per heavy atom. The van der Waals surface area contributed by atoms with Crippen LogP contribution in [-0.2, 0) is 19.2 Å². The monoisotopic (exact) mass is 539 g/mol. The smallest absolute Gasteiger partial charge is 0.323 e. The molecule has 10 nitrogen and oxygen atoms in total. The van der Waals surface area contributed by atoms with Gasteiger partial charge in [0.2, 0.25) is 11.8 Å². The van der Waals surface area contributed by atoms with Gasteiger partial charge in [0, 0.05) is 22.0 Å². The summed E-state index contributed by atoms with van der Waals surface area (Å²) in [6.07, 6.45) is 0. The fourth-order valence-electron chi connectivity index (χ4n) is 4.55. The number of likely N-dealkylation sites (tertiary alicyclic amines) is 1. The Kier molecular flexibility index (Phi) is 6.61. The minimum Gasteiger partial charge on any atom is -0.483 e. The number of benzene rings is 2. The number of rotatable bonds is 7. The number of thiazole rings is 1. The van der Waals surface area contributed by atoms with E-state index in [9.17, 15) is 29.1 Å². The number of aromatic amines is 1. The van der Waals surface area contributed by atoms with Crippen LogP contribution >= 0.6 is 23.1 Å². The summed E-state index contributed by atoms with van der Waals surface area (Å²) in [5, 5.41) is 11.6. The zero-order valence-electron chi connectivity index (χ0n) is 19.4. The third-order valence-electron chi connectivity index (χ3n) is 6.16. The zero-order valence-corrected chi connectivity index (χ0v) is 21.1. The molecule has 2 aliphatic heterocycles. The Labute approximate surface area is 218 Å². The van der Waals surface area contributed by atoms with E-state index in [1.807, 2.05) is 19.1 Å². The Morgan fingerprint density at radius 1 is 1.08 bits per heavy atom. The number of hydrogen-bond acceptors (Lipinski definition) is 8. The lowest BCUT2D eigenvalue weighted by atomic mass is 9.82. The Morgan fingerprint density at radius 2 is 1.81 bits per heavy atom. The van der Waals surface area contributed by atoms with Crippen LogP contribution in [0.25, 0.3) is 0 Å². The van der Waals surface area contributed by atoms with Gasteiger partial charge in [-0.1, -0.05) is 59.0 Å². The Hall–Kier alpha value is -3.90. The van der Waals surface area contributed by atoms with Gasteiger partial charge in [-0.05, 0) is 25.1 Å². The van der Waals surface area contributed by atoms with Gasteiger partial charge >= 0.3 is 10.8 Å². The molecule has 1 aromatic heterocycles. The van der Waals surface area contributed by atoms with Crippen molar-refractivity contribution in [3.05, 3.63) is 74.2 Å². The number of anilines is 1. The molecule has 2 aromatic carbocycles. The summed E-state index contributed by atoms with van der Waals surface area (Å²) in [6.45, 7) is 0.893. The number of thioether (sulfide) groups is 1. The number of aryl methyl sites for hydroxylation is 1. The third-order valence-corrected chi connectivity index (χ3v) is 8.56. The number of hydrogen-bond donors (Lipinski definition) is 3. The molecule has 12 heteroatoms. The van der Waals surface area contributed by atoms with E-state index in [-0.39, 0.29) is 17.4 Å². The van der Waals surface area contributed by atoms with Gasteiger partial charge in [0.25, 0.3) is 5.91 Å². The molecule has 3 heterocycles. The molecule has 3 amide bonds. The summed E-state index contributed by atoms with van der Waals surface area (Å²) in [6, 6.07) is 14.1. The quantitative estimate of drug-likeness (QED) is 0.388. The van der Waals surface area contributed by atoms with E-state index < -0.39 is 41.4 Å². The number of imide groups is 1. The second-order valence-electron chi connectivity index (χ2n) is 8.65. The summed E-state index contributed by atoms with van der Waals surface area (Å²) >= 11 is 1.99. The summed E-state index contributed by atoms with van der Waals surface area (Å²) in [5.74, 6) is -4.26. The van der Waals surface area contributed by atoms with Crippen molar-refractivity contribution in [2.24, 2.45) is 5.92 Å². The van der Waals surface area contributed by atoms with Crippen LogP contribution in [0.5, 0.6) is 5.75 Å². The first kappa shape index (κ1) is 24.8. The topological polar surface area (TPSA) is 146 Å². The number of nitrogens with one attached hydrogen (secondary N) is 2. The molecule has 1 saturated heterocycles. The number of fused-ring (bicyclic) bond motifs is 2. The maximum absolute atomic E-state index is 13.3. The van der Waals surface area contributed by atoms with Crippen LogP contribution in [0.1, 0.15) is 21.9 Å². The lowest BCUT2D eigenvalue weighted by molar-refractivity contribution is -0.149. The molecule has 1 fully saturated rings. The highest BCUT2D eigenvalue weighted by Crippen LogP contribution is 2.53. The second kappa shape index (κ2) is 9.87. The Bertz CT molecular complexity index is 1460. The van der Waals surface area contributed by atoms with E-state index in [0.29, 0.717) is 26.9 Å². The molecule has 3 atom stereocenters. The first-order chi connectivity index (χ1) is 17.7. The fraction of sp³-hybridized carbons (Fsp3) is 0.240. The van der Waals surface area contributed by atoms with E-state index in [1.54, 1.807) is 36.4 Å². The van der Waals surface area contributed by atoms with E-state index >= 15 is 0 Å². The molecular formula is C25H21N3O7S2. The van der Waals surface area contributed by atoms with Gasteiger partial charge < -0.3 is 20.1 Å². The number of amides is 3. The number of carbonyl (C=O) groups is 4. The molecule has 2 unspecified atom stereocenters. The minimum absolute atomic E-state index is 0.311. The number of carbonyl (C=O) groups excluding carboxylic acids is 3. The van der Waals surface area contributed by atoms with Crippen LogP contribution < -0.4 is 14.9 Å². The van der Waals surface area contributed by atoms with Crippen LogP contribution in [0.3, 0.4) is 0 Å². The maximum Gasteiger partial charge on any atom is 0.323 e. The largest absolute Gasteiger partial charge is 0.483 e. The van der Waals surface area contributed by atoms with Crippen molar-refractivity contribution in [1.82, 2.24) is 9.88 Å². The number of aromatic nitrogens is 1. The van der Waals surface area contributed by atoms with Gasteiger partial charge in [-0.15, -0.1) is 0 Å². The highest BCUT2D eigenvalue weighted by molar-refractivity contribution is 8.00. The van der Waals surface area contributed by atoms with Crippen molar-refractivity contribution < 1.29 is 29.0 Å². The number of aliphatic carboxylic acids is 1. The average Bonchev–Trinajstić information content (AvgIpc) is 3.35. The molecule has 190 valence electrons. The molecule has 0 radical (unpaired) electrons. The van der Waals surface area contributed by atoms with Gasteiger partial charge in [0.15, 0.2) is 6.61 Å². The van der Waals surface area contributed by atoms with Crippen molar-refractivity contribution in [2.75, 3.05) is 18.5 Å².